The predicted molar refractivity (Wildman–Crippen MR) is 71.0 cm³/mol. The fraction of sp³-hybridized carbons (Fsp3) is 0.231. The van der Waals surface area contributed by atoms with Crippen molar-refractivity contribution in [2.45, 2.75) is 18.9 Å². The van der Waals surface area contributed by atoms with Crippen LogP contribution in [-0.2, 0) is 6.42 Å². The summed E-state index contributed by atoms with van der Waals surface area (Å²) < 4.78 is 13.6. The Kier molecular flexibility index (Phi) is 4.15. The SMILES string of the molecule is NC(CCc1ccsc1)c1c(F)cccc1Cl. The standard InChI is InChI=1S/C13H13ClFNS/c14-10-2-1-3-11(15)13(10)12(16)5-4-9-6-7-17-8-9/h1-3,6-8,12H,4-5,16H2. The molecule has 0 aliphatic heterocycles. The van der Waals surface area contributed by atoms with E-state index in [4.69, 9.17) is 17.3 Å². The Labute approximate surface area is 109 Å². The van der Waals surface area contributed by atoms with Gasteiger partial charge in [-0.2, -0.15) is 11.3 Å². The van der Waals surface area contributed by atoms with Gasteiger partial charge in [0, 0.05) is 16.6 Å². The minimum atomic E-state index is -0.358. The second-order valence-electron chi connectivity index (χ2n) is 3.91. The molecule has 1 atom stereocenters. The lowest BCUT2D eigenvalue weighted by Crippen LogP contribution is -2.13. The molecule has 0 aliphatic carbocycles. The van der Waals surface area contributed by atoms with Crippen LogP contribution in [0.5, 0.6) is 0 Å². The monoisotopic (exact) mass is 269 g/mol. The topological polar surface area (TPSA) is 26.0 Å². The van der Waals surface area contributed by atoms with E-state index in [9.17, 15) is 4.39 Å². The molecular weight excluding hydrogens is 257 g/mol. The van der Waals surface area contributed by atoms with Crippen LogP contribution in [0.4, 0.5) is 4.39 Å². The highest BCUT2D eigenvalue weighted by molar-refractivity contribution is 7.07. The largest absolute Gasteiger partial charge is 0.324 e. The summed E-state index contributed by atoms with van der Waals surface area (Å²) in [5.74, 6) is -0.324. The van der Waals surface area contributed by atoms with Crippen LogP contribution < -0.4 is 5.73 Å². The Bertz CT molecular complexity index is 464. The van der Waals surface area contributed by atoms with Crippen molar-refractivity contribution in [1.82, 2.24) is 0 Å². The van der Waals surface area contributed by atoms with Crippen molar-refractivity contribution in [2.75, 3.05) is 0 Å². The first-order valence-corrected chi connectivity index (χ1v) is 6.71. The molecule has 17 heavy (non-hydrogen) atoms. The highest BCUT2D eigenvalue weighted by Gasteiger charge is 2.15. The molecule has 0 saturated carbocycles. The molecule has 0 amide bonds. The van der Waals surface area contributed by atoms with Crippen molar-refractivity contribution in [1.29, 1.82) is 0 Å². The Balaban J connectivity index is 2.07. The van der Waals surface area contributed by atoms with E-state index in [0.717, 1.165) is 6.42 Å². The van der Waals surface area contributed by atoms with Crippen LogP contribution in [0.2, 0.25) is 5.02 Å². The van der Waals surface area contributed by atoms with Gasteiger partial charge in [0.15, 0.2) is 0 Å². The van der Waals surface area contributed by atoms with Gasteiger partial charge < -0.3 is 5.73 Å². The van der Waals surface area contributed by atoms with Gasteiger partial charge in [-0.15, -0.1) is 0 Å². The lowest BCUT2D eigenvalue weighted by molar-refractivity contribution is 0.564. The number of halogens is 2. The van der Waals surface area contributed by atoms with Gasteiger partial charge in [0.2, 0.25) is 0 Å². The minimum Gasteiger partial charge on any atom is -0.324 e. The molecule has 0 saturated heterocycles. The lowest BCUT2D eigenvalue weighted by atomic mass is 10.0. The van der Waals surface area contributed by atoms with E-state index < -0.39 is 0 Å². The molecule has 4 heteroatoms. The molecule has 2 aromatic rings. The van der Waals surface area contributed by atoms with Gasteiger partial charge in [-0.3, -0.25) is 0 Å². The van der Waals surface area contributed by atoms with Crippen molar-refractivity contribution in [3.63, 3.8) is 0 Å². The van der Waals surface area contributed by atoms with Crippen LogP contribution in [0.25, 0.3) is 0 Å². The number of hydrogen-bond acceptors (Lipinski definition) is 2. The molecule has 1 heterocycles. The molecule has 0 aliphatic rings. The normalized spacial score (nSPS) is 12.6. The molecule has 1 unspecified atom stereocenters. The highest BCUT2D eigenvalue weighted by atomic mass is 35.5. The summed E-state index contributed by atoms with van der Waals surface area (Å²) in [5, 5.41) is 4.51. The summed E-state index contributed by atoms with van der Waals surface area (Å²) in [6.07, 6.45) is 1.53. The number of aryl methyl sites for hydroxylation is 1. The molecule has 0 fully saturated rings. The zero-order valence-electron chi connectivity index (χ0n) is 9.20. The summed E-state index contributed by atoms with van der Waals surface area (Å²) in [6, 6.07) is 6.35. The molecule has 90 valence electrons. The lowest BCUT2D eigenvalue weighted by Gasteiger charge is -2.14. The van der Waals surface area contributed by atoms with Gasteiger partial charge in [0.05, 0.1) is 0 Å². The number of nitrogens with two attached hydrogens (primary N) is 1. The third-order valence-electron chi connectivity index (χ3n) is 2.69. The average Bonchev–Trinajstić information content (AvgIpc) is 2.79. The molecule has 1 nitrogen and oxygen atoms in total. The van der Waals surface area contributed by atoms with Crippen LogP contribution in [0.15, 0.2) is 35.0 Å². The van der Waals surface area contributed by atoms with Crippen LogP contribution in [0.1, 0.15) is 23.6 Å². The van der Waals surface area contributed by atoms with E-state index >= 15 is 0 Å². The molecular formula is C13H13ClFNS. The first-order chi connectivity index (χ1) is 8.18. The molecule has 2 N–H and O–H groups in total. The van der Waals surface area contributed by atoms with E-state index in [1.54, 1.807) is 23.5 Å². The van der Waals surface area contributed by atoms with Gasteiger partial charge in [-0.25, -0.2) is 4.39 Å². The van der Waals surface area contributed by atoms with Crippen LogP contribution in [-0.4, -0.2) is 0 Å². The molecule has 0 bridgehead atoms. The fourth-order valence-electron chi connectivity index (χ4n) is 1.77. The van der Waals surface area contributed by atoms with E-state index in [0.29, 0.717) is 17.0 Å². The van der Waals surface area contributed by atoms with Gasteiger partial charge in [-0.1, -0.05) is 17.7 Å². The van der Waals surface area contributed by atoms with Gasteiger partial charge >= 0.3 is 0 Å². The zero-order chi connectivity index (χ0) is 12.3. The first-order valence-electron chi connectivity index (χ1n) is 5.39. The smallest absolute Gasteiger partial charge is 0.129 e. The van der Waals surface area contributed by atoms with Crippen molar-refractivity contribution >= 4 is 22.9 Å². The molecule has 0 radical (unpaired) electrons. The predicted octanol–water partition coefficient (Wildman–Crippen LogP) is 4.17. The van der Waals surface area contributed by atoms with Crippen molar-refractivity contribution < 1.29 is 4.39 Å². The molecule has 1 aromatic carbocycles. The maximum atomic E-state index is 13.6. The third kappa shape index (κ3) is 3.06. The van der Waals surface area contributed by atoms with Gasteiger partial charge in [0.25, 0.3) is 0 Å². The average molecular weight is 270 g/mol. The van der Waals surface area contributed by atoms with E-state index in [1.807, 2.05) is 5.38 Å². The fourth-order valence-corrected chi connectivity index (χ4v) is 2.77. The zero-order valence-corrected chi connectivity index (χ0v) is 10.8. The second kappa shape index (κ2) is 5.63. The number of hydrogen-bond donors (Lipinski definition) is 1. The summed E-state index contributed by atoms with van der Waals surface area (Å²) in [4.78, 5) is 0. The Morgan fingerprint density at radius 3 is 2.82 bits per heavy atom. The second-order valence-corrected chi connectivity index (χ2v) is 5.10. The number of benzene rings is 1. The van der Waals surface area contributed by atoms with Crippen molar-refractivity contribution in [2.24, 2.45) is 5.73 Å². The van der Waals surface area contributed by atoms with Crippen molar-refractivity contribution in [3.05, 3.63) is 57.0 Å². The molecule has 0 spiro atoms. The van der Waals surface area contributed by atoms with Crippen LogP contribution in [0.3, 0.4) is 0 Å². The van der Waals surface area contributed by atoms with E-state index in [1.165, 1.54) is 11.6 Å². The van der Waals surface area contributed by atoms with Gasteiger partial charge in [-0.05, 0) is 47.4 Å². The third-order valence-corrected chi connectivity index (χ3v) is 3.76. The Morgan fingerprint density at radius 2 is 2.18 bits per heavy atom. The van der Waals surface area contributed by atoms with Crippen molar-refractivity contribution in [3.8, 4) is 0 Å². The number of rotatable bonds is 4. The molecule has 2 rings (SSSR count). The maximum Gasteiger partial charge on any atom is 0.129 e. The van der Waals surface area contributed by atoms with Gasteiger partial charge in [0.1, 0.15) is 5.82 Å². The molecule has 1 aromatic heterocycles. The summed E-state index contributed by atoms with van der Waals surface area (Å²) >= 11 is 7.62. The quantitative estimate of drug-likeness (QED) is 0.886. The van der Waals surface area contributed by atoms with Crippen LogP contribution >= 0.6 is 22.9 Å². The van der Waals surface area contributed by atoms with Crippen LogP contribution in [0, 0.1) is 5.82 Å². The van der Waals surface area contributed by atoms with E-state index in [-0.39, 0.29) is 11.9 Å². The van der Waals surface area contributed by atoms with E-state index in [2.05, 4.69) is 11.4 Å². The highest BCUT2D eigenvalue weighted by Crippen LogP contribution is 2.27. The summed E-state index contributed by atoms with van der Waals surface area (Å²) in [6.45, 7) is 0. The number of thiophene rings is 1. The maximum absolute atomic E-state index is 13.6. The Hall–Kier alpha value is -0.900. The summed E-state index contributed by atoms with van der Waals surface area (Å²) in [7, 11) is 0. The Morgan fingerprint density at radius 1 is 1.35 bits per heavy atom. The first kappa shape index (κ1) is 12.6. The summed E-state index contributed by atoms with van der Waals surface area (Å²) in [5.41, 5.74) is 7.65. The minimum absolute atomic E-state index is 0.324.